The Balaban J connectivity index is 1.54. The smallest absolute Gasteiger partial charge is 0.276 e. The first-order valence-corrected chi connectivity index (χ1v) is 9.69. The minimum Gasteiger partial charge on any atom is -0.334 e. The van der Waals surface area contributed by atoms with Gasteiger partial charge in [-0.2, -0.15) is 0 Å². The van der Waals surface area contributed by atoms with Gasteiger partial charge in [0.15, 0.2) is 5.69 Å². The van der Waals surface area contributed by atoms with Gasteiger partial charge in [0.05, 0.1) is 11.7 Å². The molecule has 6 heteroatoms. The molecule has 3 aliphatic rings. The molecule has 3 heterocycles. The molecular formula is C18H29N5O. The van der Waals surface area contributed by atoms with Gasteiger partial charge in [-0.1, -0.05) is 18.1 Å². The van der Waals surface area contributed by atoms with Crippen molar-refractivity contribution in [1.29, 1.82) is 0 Å². The third-order valence-corrected chi connectivity index (χ3v) is 6.29. The van der Waals surface area contributed by atoms with Crippen LogP contribution in [0, 0.1) is 12.8 Å². The number of carbonyl (C=O) groups excluding carboxylic acids is 1. The molecule has 1 N–H and O–H groups in total. The molecule has 0 radical (unpaired) electrons. The molecule has 24 heavy (non-hydrogen) atoms. The Kier molecular flexibility index (Phi) is 4.57. The Labute approximate surface area is 144 Å². The van der Waals surface area contributed by atoms with E-state index in [1.54, 1.807) is 0 Å². The minimum absolute atomic E-state index is 0.115. The average molecular weight is 331 g/mol. The van der Waals surface area contributed by atoms with Gasteiger partial charge in [0.1, 0.15) is 0 Å². The summed E-state index contributed by atoms with van der Waals surface area (Å²) in [6, 6.07) is 0.813. The lowest BCUT2D eigenvalue weighted by molar-refractivity contribution is 0.0384. The highest BCUT2D eigenvalue weighted by atomic mass is 16.2. The molecule has 2 atom stereocenters. The molecule has 2 aliphatic heterocycles. The van der Waals surface area contributed by atoms with Crippen LogP contribution in [0.1, 0.15) is 73.6 Å². The molecule has 0 spiro atoms. The fraction of sp³-hybridized carbons (Fsp3) is 0.833. The van der Waals surface area contributed by atoms with Crippen molar-refractivity contribution in [2.75, 3.05) is 19.6 Å². The number of piperidine rings is 2. The van der Waals surface area contributed by atoms with Gasteiger partial charge in [0.25, 0.3) is 5.91 Å². The molecule has 2 unspecified atom stereocenters. The fourth-order valence-corrected chi connectivity index (χ4v) is 4.95. The highest BCUT2D eigenvalue weighted by Gasteiger charge is 2.37. The highest BCUT2D eigenvalue weighted by molar-refractivity contribution is 5.93. The molecule has 1 aromatic heterocycles. The minimum atomic E-state index is 0.115. The Morgan fingerprint density at radius 3 is 2.67 bits per heavy atom. The van der Waals surface area contributed by atoms with E-state index in [0.717, 1.165) is 51.0 Å². The van der Waals surface area contributed by atoms with Crippen LogP contribution in [0.5, 0.6) is 0 Å². The van der Waals surface area contributed by atoms with Crippen molar-refractivity contribution in [1.82, 2.24) is 25.2 Å². The van der Waals surface area contributed by atoms with E-state index in [-0.39, 0.29) is 5.91 Å². The number of hydrogen-bond donors (Lipinski definition) is 1. The molecule has 132 valence electrons. The number of hydrogen-bond acceptors (Lipinski definition) is 4. The molecule has 1 saturated carbocycles. The van der Waals surface area contributed by atoms with Crippen LogP contribution >= 0.6 is 0 Å². The normalized spacial score (nSPS) is 28.6. The van der Waals surface area contributed by atoms with Crippen LogP contribution in [0.15, 0.2) is 0 Å². The van der Waals surface area contributed by atoms with Crippen LogP contribution in [-0.2, 0) is 0 Å². The first-order valence-electron chi connectivity index (χ1n) is 9.69. The zero-order chi connectivity index (χ0) is 16.5. The molecule has 3 fully saturated rings. The third kappa shape index (κ3) is 2.85. The monoisotopic (exact) mass is 331 g/mol. The van der Waals surface area contributed by atoms with Gasteiger partial charge in [-0.05, 0) is 64.5 Å². The second kappa shape index (κ2) is 6.82. The Morgan fingerprint density at radius 2 is 1.83 bits per heavy atom. The van der Waals surface area contributed by atoms with Gasteiger partial charge in [-0.15, -0.1) is 5.10 Å². The van der Waals surface area contributed by atoms with Crippen molar-refractivity contribution in [3.8, 4) is 0 Å². The number of carbonyl (C=O) groups is 1. The van der Waals surface area contributed by atoms with E-state index in [1.807, 2.05) is 11.6 Å². The van der Waals surface area contributed by atoms with Crippen LogP contribution in [0.2, 0.25) is 0 Å². The van der Waals surface area contributed by atoms with Gasteiger partial charge in [-0.25, -0.2) is 4.68 Å². The zero-order valence-electron chi connectivity index (χ0n) is 14.7. The standard InChI is InChI=1S/C18H29N5O/c1-13-17(20-21-23(13)15-8-10-19-11-9-15)18(24)22-12-4-6-14-5-2-3-7-16(14)22/h14-16,19H,2-12H2,1H3. The molecule has 1 aliphatic carbocycles. The van der Waals surface area contributed by atoms with Crippen molar-refractivity contribution < 1.29 is 4.79 Å². The SMILES string of the molecule is Cc1c(C(=O)N2CCCC3CCCCC32)nnn1C1CCNCC1. The summed E-state index contributed by atoms with van der Waals surface area (Å²) in [5.74, 6) is 0.820. The van der Waals surface area contributed by atoms with Gasteiger partial charge in [0, 0.05) is 12.6 Å². The van der Waals surface area contributed by atoms with Crippen LogP contribution in [0.25, 0.3) is 0 Å². The number of aromatic nitrogens is 3. The molecule has 0 aromatic carbocycles. The summed E-state index contributed by atoms with van der Waals surface area (Å²) < 4.78 is 2.00. The number of rotatable bonds is 2. The maximum absolute atomic E-state index is 13.2. The summed E-state index contributed by atoms with van der Waals surface area (Å²) in [4.78, 5) is 15.3. The van der Waals surface area contributed by atoms with E-state index < -0.39 is 0 Å². The Hall–Kier alpha value is -1.43. The Morgan fingerprint density at radius 1 is 1.08 bits per heavy atom. The van der Waals surface area contributed by atoms with E-state index in [2.05, 4.69) is 20.5 Å². The molecule has 2 saturated heterocycles. The molecule has 0 bridgehead atoms. The summed E-state index contributed by atoms with van der Waals surface area (Å²) in [7, 11) is 0. The summed E-state index contributed by atoms with van der Waals surface area (Å²) in [5.41, 5.74) is 1.53. The molecule has 1 amide bonds. The summed E-state index contributed by atoms with van der Waals surface area (Å²) in [6.07, 6.45) is 9.58. The lowest BCUT2D eigenvalue weighted by Gasteiger charge is -2.43. The van der Waals surface area contributed by atoms with Gasteiger partial charge in [-0.3, -0.25) is 4.79 Å². The van der Waals surface area contributed by atoms with E-state index in [0.29, 0.717) is 23.7 Å². The first kappa shape index (κ1) is 16.1. The van der Waals surface area contributed by atoms with Crippen LogP contribution in [0.3, 0.4) is 0 Å². The average Bonchev–Trinajstić information content (AvgIpc) is 3.03. The predicted octanol–water partition coefficient (Wildman–Crippen LogP) is 2.31. The van der Waals surface area contributed by atoms with Crippen molar-refractivity contribution in [3.05, 3.63) is 11.4 Å². The molecule has 4 rings (SSSR count). The van der Waals surface area contributed by atoms with E-state index in [4.69, 9.17) is 0 Å². The van der Waals surface area contributed by atoms with Crippen LogP contribution in [-0.4, -0.2) is 51.5 Å². The lowest BCUT2D eigenvalue weighted by Crippen LogP contribution is -2.49. The first-order chi connectivity index (χ1) is 11.8. The van der Waals surface area contributed by atoms with Crippen LogP contribution in [0.4, 0.5) is 0 Å². The topological polar surface area (TPSA) is 63.1 Å². The van der Waals surface area contributed by atoms with Crippen molar-refractivity contribution >= 4 is 5.91 Å². The second-order valence-electron chi connectivity index (χ2n) is 7.70. The highest BCUT2D eigenvalue weighted by Crippen LogP contribution is 2.36. The fourth-order valence-electron chi connectivity index (χ4n) is 4.95. The summed E-state index contributed by atoms with van der Waals surface area (Å²) in [5, 5.41) is 12.0. The number of nitrogens with one attached hydrogen (secondary N) is 1. The molecule has 6 nitrogen and oxygen atoms in total. The molecule has 1 aromatic rings. The van der Waals surface area contributed by atoms with Crippen LogP contribution < -0.4 is 5.32 Å². The maximum atomic E-state index is 13.2. The summed E-state index contributed by atoms with van der Waals surface area (Å²) >= 11 is 0. The largest absolute Gasteiger partial charge is 0.334 e. The van der Waals surface area contributed by atoms with Crippen molar-refractivity contribution in [2.45, 2.75) is 70.4 Å². The van der Waals surface area contributed by atoms with Gasteiger partial charge < -0.3 is 10.2 Å². The number of likely N-dealkylation sites (tertiary alicyclic amines) is 1. The number of amides is 1. The van der Waals surface area contributed by atoms with E-state index in [1.165, 1.54) is 25.7 Å². The zero-order valence-corrected chi connectivity index (χ0v) is 14.7. The number of nitrogens with zero attached hydrogens (tertiary/aromatic N) is 4. The second-order valence-corrected chi connectivity index (χ2v) is 7.70. The van der Waals surface area contributed by atoms with Crippen molar-refractivity contribution in [2.24, 2.45) is 5.92 Å². The van der Waals surface area contributed by atoms with Crippen molar-refractivity contribution in [3.63, 3.8) is 0 Å². The van der Waals surface area contributed by atoms with E-state index >= 15 is 0 Å². The van der Waals surface area contributed by atoms with E-state index in [9.17, 15) is 4.79 Å². The maximum Gasteiger partial charge on any atom is 0.276 e. The lowest BCUT2D eigenvalue weighted by atomic mass is 9.78. The molecular weight excluding hydrogens is 302 g/mol. The summed E-state index contributed by atoms with van der Waals surface area (Å²) in [6.45, 7) is 4.93. The predicted molar refractivity (Wildman–Crippen MR) is 91.9 cm³/mol. The number of fused-ring (bicyclic) bond motifs is 1. The van der Waals surface area contributed by atoms with Gasteiger partial charge in [0.2, 0.25) is 0 Å². The Bertz CT molecular complexity index is 590. The van der Waals surface area contributed by atoms with Gasteiger partial charge >= 0.3 is 0 Å². The quantitative estimate of drug-likeness (QED) is 0.903. The third-order valence-electron chi connectivity index (χ3n) is 6.29.